The third-order valence-electron chi connectivity index (χ3n) is 4.18. The molecule has 2 heterocycles. The molecule has 0 aliphatic carbocycles. The molecule has 4 aromatic rings. The molecule has 0 unspecified atom stereocenters. The van der Waals surface area contributed by atoms with Crippen molar-refractivity contribution in [2.75, 3.05) is 13.7 Å². The number of thiophene rings is 1. The second-order valence-electron chi connectivity index (χ2n) is 5.77. The van der Waals surface area contributed by atoms with Gasteiger partial charge in [0.05, 0.1) is 29.5 Å². The largest absolute Gasteiger partial charge is 0.515 e. The Morgan fingerprint density at radius 3 is 2.78 bits per heavy atom. The van der Waals surface area contributed by atoms with Gasteiger partial charge in [-0.1, -0.05) is 24.3 Å². The molecule has 4 rings (SSSR count). The van der Waals surface area contributed by atoms with Gasteiger partial charge in [0.15, 0.2) is 11.6 Å². The molecular weight excluding hydrogens is 369 g/mol. The fourth-order valence-corrected chi connectivity index (χ4v) is 4.24. The van der Waals surface area contributed by atoms with E-state index in [1.54, 1.807) is 30.4 Å². The number of rotatable bonds is 4. The van der Waals surface area contributed by atoms with Crippen molar-refractivity contribution in [2.24, 2.45) is 0 Å². The van der Waals surface area contributed by atoms with Gasteiger partial charge in [-0.2, -0.15) is 0 Å². The number of ether oxygens (including phenoxy) is 3. The van der Waals surface area contributed by atoms with Gasteiger partial charge in [0.25, 0.3) is 0 Å². The molecule has 0 saturated carbocycles. The number of nitrogens with one attached hydrogen (secondary N) is 1. The number of benzene rings is 2. The van der Waals surface area contributed by atoms with E-state index in [1.807, 2.05) is 24.3 Å². The minimum absolute atomic E-state index is 0.148. The topological polar surface area (TPSA) is 60.5 Å². The van der Waals surface area contributed by atoms with E-state index < -0.39 is 12.0 Å². The molecule has 0 fully saturated rings. The maximum Gasteiger partial charge on any atom is 0.515 e. The number of hydrogen-bond donors (Lipinski definition) is 1. The van der Waals surface area contributed by atoms with Crippen molar-refractivity contribution in [1.82, 2.24) is 4.98 Å². The van der Waals surface area contributed by atoms with Crippen LogP contribution in [0.5, 0.6) is 11.6 Å². The summed E-state index contributed by atoms with van der Waals surface area (Å²) in [4.78, 5) is 15.0. The first-order valence-electron chi connectivity index (χ1n) is 8.34. The number of carbonyl (C=O) groups is 1. The van der Waals surface area contributed by atoms with E-state index in [2.05, 4.69) is 4.98 Å². The van der Waals surface area contributed by atoms with Gasteiger partial charge in [-0.05, 0) is 30.7 Å². The van der Waals surface area contributed by atoms with Crippen LogP contribution in [-0.4, -0.2) is 24.9 Å². The molecule has 7 heteroatoms. The van der Waals surface area contributed by atoms with E-state index >= 15 is 0 Å². The monoisotopic (exact) mass is 385 g/mol. The second-order valence-corrected chi connectivity index (χ2v) is 6.82. The smallest absolute Gasteiger partial charge is 0.494 e. The molecule has 27 heavy (non-hydrogen) atoms. The standard InChI is InChI=1S/C20H16FNO4S/c1-3-25-20(23)26-19-16(11-8-9-14(24-2)13(21)10-11)18-17(22-19)12-6-4-5-7-15(12)27-18/h4-10,22H,3H2,1-2H3. The Kier molecular flexibility index (Phi) is 4.45. The molecule has 1 N–H and O–H groups in total. The normalized spacial score (nSPS) is 11.1. The molecule has 0 aliphatic heterocycles. The Labute approximate surface area is 158 Å². The average molecular weight is 385 g/mol. The molecule has 0 bridgehead atoms. The summed E-state index contributed by atoms with van der Waals surface area (Å²) in [6.07, 6.45) is -0.814. The van der Waals surface area contributed by atoms with Crippen molar-refractivity contribution in [3.63, 3.8) is 0 Å². The van der Waals surface area contributed by atoms with Crippen molar-refractivity contribution in [3.8, 4) is 22.8 Å². The van der Waals surface area contributed by atoms with Crippen molar-refractivity contribution in [2.45, 2.75) is 6.92 Å². The van der Waals surface area contributed by atoms with E-state index in [9.17, 15) is 9.18 Å². The van der Waals surface area contributed by atoms with Crippen LogP contribution in [-0.2, 0) is 4.74 Å². The Bertz CT molecular complexity index is 1150. The van der Waals surface area contributed by atoms with Gasteiger partial charge in [0.2, 0.25) is 5.88 Å². The summed E-state index contributed by atoms with van der Waals surface area (Å²) in [6.45, 7) is 1.89. The van der Waals surface area contributed by atoms with Crippen molar-refractivity contribution in [1.29, 1.82) is 0 Å². The van der Waals surface area contributed by atoms with Crippen LogP contribution in [0.15, 0.2) is 42.5 Å². The zero-order valence-electron chi connectivity index (χ0n) is 14.7. The quantitative estimate of drug-likeness (QED) is 0.456. The van der Waals surface area contributed by atoms with E-state index in [4.69, 9.17) is 14.2 Å². The molecule has 2 aromatic carbocycles. The highest BCUT2D eigenvalue weighted by molar-refractivity contribution is 7.26. The number of H-pyrrole nitrogens is 1. The zero-order valence-corrected chi connectivity index (χ0v) is 15.5. The summed E-state index contributed by atoms with van der Waals surface area (Å²) in [5.74, 6) is -0.118. The van der Waals surface area contributed by atoms with Gasteiger partial charge in [0.1, 0.15) is 0 Å². The van der Waals surface area contributed by atoms with E-state index in [0.29, 0.717) is 11.1 Å². The lowest BCUT2D eigenvalue weighted by molar-refractivity contribution is 0.103. The Balaban J connectivity index is 1.94. The third kappa shape index (κ3) is 3.00. The van der Waals surface area contributed by atoms with Crippen LogP contribution < -0.4 is 9.47 Å². The van der Waals surface area contributed by atoms with Crippen LogP contribution in [0.1, 0.15) is 6.92 Å². The van der Waals surface area contributed by atoms with Gasteiger partial charge in [0, 0.05) is 10.1 Å². The van der Waals surface area contributed by atoms with Crippen LogP contribution >= 0.6 is 11.3 Å². The molecule has 0 spiro atoms. The predicted molar refractivity (Wildman–Crippen MR) is 103 cm³/mol. The van der Waals surface area contributed by atoms with Gasteiger partial charge in [-0.3, -0.25) is 0 Å². The summed E-state index contributed by atoms with van der Waals surface area (Å²) in [5, 5.41) is 1.01. The summed E-state index contributed by atoms with van der Waals surface area (Å²) in [7, 11) is 1.41. The van der Waals surface area contributed by atoms with Gasteiger partial charge < -0.3 is 19.2 Å². The van der Waals surface area contributed by atoms with Gasteiger partial charge in [-0.15, -0.1) is 11.3 Å². The number of methoxy groups -OCH3 is 1. The molecule has 0 radical (unpaired) electrons. The fourth-order valence-electron chi connectivity index (χ4n) is 3.02. The van der Waals surface area contributed by atoms with Crippen LogP contribution in [0, 0.1) is 5.82 Å². The van der Waals surface area contributed by atoms with Gasteiger partial charge in [-0.25, -0.2) is 9.18 Å². The van der Waals surface area contributed by atoms with E-state index in [1.165, 1.54) is 13.2 Å². The average Bonchev–Trinajstić information content (AvgIpc) is 3.17. The molecule has 138 valence electrons. The van der Waals surface area contributed by atoms with Crippen molar-refractivity contribution in [3.05, 3.63) is 48.3 Å². The molecule has 0 atom stereocenters. The fraction of sp³-hybridized carbons (Fsp3) is 0.150. The Hall–Kier alpha value is -3.06. The highest BCUT2D eigenvalue weighted by atomic mass is 32.1. The van der Waals surface area contributed by atoms with Crippen LogP contribution in [0.2, 0.25) is 0 Å². The number of hydrogen-bond acceptors (Lipinski definition) is 5. The number of carbonyl (C=O) groups excluding carboxylic acids is 1. The van der Waals surface area contributed by atoms with Crippen LogP contribution in [0.3, 0.4) is 0 Å². The summed E-state index contributed by atoms with van der Waals surface area (Å²) < 4.78 is 31.5. The first-order valence-corrected chi connectivity index (χ1v) is 9.15. The maximum atomic E-state index is 14.3. The predicted octanol–water partition coefficient (Wildman–Crippen LogP) is 5.73. The summed E-state index contributed by atoms with van der Waals surface area (Å²) in [6, 6.07) is 12.5. The lowest BCUT2D eigenvalue weighted by Crippen LogP contribution is -2.10. The summed E-state index contributed by atoms with van der Waals surface area (Å²) >= 11 is 1.54. The third-order valence-corrected chi connectivity index (χ3v) is 5.36. The highest BCUT2D eigenvalue weighted by Crippen LogP contribution is 2.45. The number of fused-ring (bicyclic) bond motifs is 3. The number of aromatic amines is 1. The number of halogens is 1. The lowest BCUT2D eigenvalue weighted by Gasteiger charge is -2.07. The van der Waals surface area contributed by atoms with Crippen molar-refractivity contribution < 1.29 is 23.4 Å². The van der Waals surface area contributed by atoms with E-state index in [0.717, 1.165) is 20.3 Å². The second kappa shape index (κ2) is 6.92. The van der Waals surface area contributed by atoms with Crippen LogP contribution in [0.4, 0.5) is 9.18 Å². The molecule has 2 aromatic heterocycles. The lowest BCUT2D eigenvalue weighted by atomic mass is 10.1. The van der Waals surface area contributed by atoms with E-state index in [-0.39, 0.29) is 18.2 Å². The molecule has 5 nitrogen and oxygen atoms in total. The minimum atomic E-state index is -0.814. The first kappa shape index (κ1) is 17.4. The zero-order chi connectivity index (χ0) is 19.0. The Morgan fingerprint density at radius 2 is 2.04 bits per heavy atom. The highest BCUT2D eigenvalue weighted by Gasteiger charge is 2.22. The minimum Gasteiger partial charge on any atom is -0.494 e. The van der Waals surface area contributed by atoms with Gasteiger partial charge >= 0.3 is 6.16 Å². The first-order chi connectivity index (χ1) is 13.1. The summed E-state index contributed by atoms with van der Waals surface area (Å²) in [5.41, 5.74) is 2.02. The SMILES string of the molecule is CCOC(=O)Oc1[nH]c2c(sc3ccccc32)c1-c1ccc(OC)c(F)c1. The van der Waals surface area contributed by atoms with Crippen molar-refractivity contribution >= 4 is 37.8 Å². The molecule has 0 amide bonds. The molecule has 0 saturated heterocycles. The molecular formula is C20H16FNO4S. The maximum absolute atomic E-state index is 14.3. The number of aromatic nitrogens is 1. The Morgan fingerprint density at radius 1 is 1.22 bits per heavy atom. The van der Waals surface area contributed by atoms with Crippen LogP contribution in [0.25, 0.3) is 31.4 Å². The molecule has 0 aliphatic rings.